The maximum Gasteiger partial charge on any atom is 0.151 e. The molecule has 6 heteroatoms. The summed E-state index contributed by atoms with van der Waals surface area (Å²) in [6.45, 7) is 11.5. The Morgan fingerprint density at radius 3 is 2.65 bits per heavy atom. The van der Waals surface area contributed by atoms with Crippen LogP contribution in [0.25, 0.3) is 11.0 Å². The SMILES string of the molecule is CCCc1nc2c(N)nc(C)c(C)c2n1CCCON=C(C)C. The summed E-state index contributed by atoms with van der Waals surface area (Å²) in [7, 11) is 0. The van der Waals surface area contributed by atoms with E-state index in [1.165, 1.54) is 0 Å². The predicted octanol–water partition coefficient (Wildman–Crippen LogP) is 3.39. The highest BCUT2D eigenvalue weighted by Gasteiger charge is 2.16. The molecule has 0 bridgehead atoms. The van der Waals surface area contributed by atoms with Gasteiger partial charge in [-0.1, -0.05) is 12.1 Å². The molecular formula is C17H27N5O. The van der Waals surface area contributed by atoms with Gasteiger partial charge in [0.25, 0.3) is 0 Å². The van der Waals surface area contributed by atoms with Crippen molar-refractivity contribution in [3.63, 3.8) is 0 Å². The van der Waals surface area contributed by atoms with Crippen molar-refractivity contribution in [3.05, 3.63) is 17.1 Å². The average molecular weight is 317 g/mol. The zero-order valence-electron chi connectivity index (χ0n) is 14.8. The van der Waals surface area contributed by atoms with Crippen molar-refractivity contribution in [2.75, 3.05) is 12.3 Å². The molecule has 126 valence electrons. The molecule has 0 aliphatic heterocycles. The molecule has 2 N–H and O–H groups in total. The Labute approximate surface area is 137 Å². The molecule has 0 fully saturated rings. The Hall–Kier alpha value is -2.11. The lowest BCUT2D eigenvalue weighted by molar-refractivity contribution is 0.138. The highest BCUT2D eigenvalue weighted by atomic mass is 16.6. The monoisotopic (exact) mass is 317 g/mol. The molecule has 0 spiro atoms. The standard InChI is InChI=1S/C17H27N5O/c1-6-8-14-20-15-16(12(4)13(5)19-17(15)18)22(14)9-7-10-23-21-11(2)3/h6-10H2,1-5H3,(H2,18,19). The summed E-state index contributed by atoms with van der Waals surface area (Å²) in [6, 6.07) is 0. The zero-order valence-corrected chi connectivity index (χ0v) is 14.8. The summed E-state index contributed by atoms with van der Waals surface area (Å²) in [5.41, 5.74) is 11.0. The van der Waals surface area contributed by atoms with Gasteiger partial charge in [0.1, 0.15) is 17.9 Å². The van der Waals surface area contributed by atoms with Crippen LogP contribution in [0.15, 0.2) is 5.16 Å². The van der Waals surface area contributed by atoms with Crippen molar-refractivity contribution >= 4 is 22.6 Å². The number of imidazole rings is 1. The van der Waals surface area contributed by atoms with Crippen LogP contribution in [0.3, 0.4) is 0 Å². The molecule has 2 aromatic rings. The van der Waals surface area contributed by atoms with E-state index in [1.807, 2.05) is 20.8 Å². The van der Waals surface area contributed by atoms with Crippen LogP contribution in [0, 0.1) is 13.8 Å². The van der Waals surface area contributed by atoms with E-state index in [0.717, 1.165) is 59.6 Å². The van der Waals surface area contributed by atoms with E-state index >= 15 is 0 Å². The molecule has 0 unspecified atom stereocenters. The van der Waals surface area contributed by atoms with Crippen LogP contribution in [0.5, 0.6) is 0 Å². The first-order chi connectivity index (χ1) is 11.0. The first kappa shape index (κ1) is 17.2. The van der Waals surface area contributed by atoms with Crippen molar-refractivity contribution < 1.29 is 4.84 Å². The maximum atomic E-state index is 6.08. The number of oxime groups is 1. The molecule has 2 rings (SSSR count). The van der Waals surface area contributed by atoms with E-state index in [-0.39, 0.29) is 0 Å². The minimum absolute atomic E-state index is 0.515. The smallest absolute Gasteiger partial charge is 0.151 e. The number of aryl methyl sites for hydroxylation is 4. The van der Waals surface area contributed by atoms with Crippen LogP contribution in [0.4, 0.5) is 5.82 Å². The second-order valence-electron chi connectivity index (χ2n) is 6.06. The summed E-state index contributed by atoms with van der Waals surface area (Å²) >= 11 is 0. The maximum absolute atomic E-state index is 6.08. The minimum Gasteiger partial charge on any atom is -0.396 e. The minimum atomic E-state index is 0.515. The molecule has 0 atom stereocenters. The lowest BCUT2D eigenvalue weighted by atomic mass is 10.2. The quantitative estimate of drug-likeness (QED) is 0.482. The summed E-state index contributed by atoms with van der Waals surface area (Å²) in [5, 5.41) is 3.97. The number of aromatic nitrogens is 3. The third-order valence-corrected chi connectivity index (χ3v) is 3.81. The van der Waals surface area contributed by atoms with Gasteiger partial charge in [0.05, 0.1) is 11.2 Å². The van der Waals surface area contributed by atoms with Crippen molar-refractivity contribution in [2.24, 2.45) is 5.16 Å². The first-order valence-corrected chi connectivity index (χ1v) is 8.20. The number of anilines is 1. The molecule has 0 aromatic carbocycles. The van der Waals surface area contributed by atoms with Crippen molar-refractivity contribution in [3.8, 4) is 0 Å². The fourth-order valence-corrected chi connectivity index (χ4v) is 2.66. The predicted molar refractivity (Wildman–Crippen MR) is 94.8 cm³/mol. The third kappa shape index (κ3) is 3.81. The first-order valence-electron chi connectivity index (χ1n) is 8.20. The van der Waals surface area contributed by atoms with Crippen LogP contribution in [0.2, 0.25) is 0 Å². The highest BCUT2D eigenvalue weighted by molar-refractivity contribution is 5.88. The molecule has 0 aliphatic carbocycles. The van der Waals surface area contributed by atoms with Gasteiger partial charge in [0.2, 0.25) is 0 Å². The number of nitrogens with two attached hydrogens (primary N) is 1. The van der Waals surface area contributed by atoms with Crippen LogP contribution in [0.1, 0.15) is 50.7 Å². The number of hydrogen-bond acceptors (Lipinski definition) is 5. The van der Waals surface area contributed by atoms with E-state index in [1.54, 1.807) is 0 Å². The number of nitrogens with zero attached hydrogens (tertiary/aromatic N) is 4. The number of hydrogen-bond donors (Lipinski definition) is 1. The van der Waals surface area contributed by atoms with E-state index in [2.05, 4.69) is 28.6 Å². The fraction of sp³-hybridized carbons (Fsp3) is 0.588. The molecule has 0 amide bonds. The van der Waals surface area contributed by atoms with Gasteiger partial charge in [-0.2, -0.15) is 0 Å². The summed E-state index contributed by atoms with van der Waals surface area (Å²) < 4.78 is 2.27. The molecule has 0 saturated heterocycles. The Morgan fingerprint density at radius 1 is 1.26 bits per heavy atom. The van der Waals surface area contributed by atoms with E-state index in [0.29, 0.717) is 12.4 Å². The van der Waals surface area contributed by atoms with Gasteiger partial charge in [-0.3, -0.25) is 0 Å². The summed E-state index contributed by atoms with van der Waals surface area (Å²) in [4.78, 5) is 14.4. The number of rotatable bonds is 7. The van der Waals surface area contributed by atoms with Gasteiger partial charge in [-0.15, -0.1) is 0 Å². The molecule has 2 heterocycles. The number of pyridine rings is 1. The van der Waals surface area contributed by atoms with Gasteiger partial charge in [-0.25, -0.2) is 9.97 Å². The Morgan fingerprint density at radius 2 is 2.00 bits per heavy atom. The fourth-order valence-electron chi connectivity index (χ4n) is 2.66. The largest absolute Gasteiger partial charge is 0.396 e. The molecule has 6 nitrogen and oxygen atoms in total. The van der Waals surface area contributed by atoms with E-state index in [4.69, 9.17) is 15.6 Å². The lowest BCUT2D eigenvalue weighted by Gasteiger charge is -2.11. The van der Waals surface area contributed by atoms with Gasteiger partial charge in [0.15, 0.2) is 5.82 Å². The number of fused-ring (bicyclic) bond motifs is 1. The van der Waals surface area contributed by atoms with E-state index in [9.17, 15) is 0 Å². The van der Waals surface area contributed by atoms with Gasteiger partial charge in [-0.05, 0) is 39.7 Å². The Kier molecular flexibility index (Phi) is 5.58. The zero-order chi connectivity index (χ0) is 17.0. The molecule has 2 aromatic heterocycles. The van der Waals surface area contributed by atoms with E-state index < -0.39 is 0 Å². The normalized spacial score (nSPS) is 11.0. The van der Waals surface area contributed by atoms with Crippen LogP contribution < -0.4 is 5.73 Å². The topological polar surface area (TPSA) is 78.3 Å². The Balaban J connectivity index is 2.32. The van der Waals surface area contributed by atoms with Crippen LogP contribution >= 0.6 is 0 Å². The van der Waals surface area contributed by atoms with Crippen molar-refractivity contribution in [1.82, 2.24) is 14.5 Å². The summed E-state index contributed by atoms with van der Waals surface area (Å²) in [6.07, 6.45) is 2.85. The van der Waals surface area contributed by atoms with Crippen LogP contribution in [-0.2, 0) is 17.8 Å². The molecule has 0 radical (unpaired) electrons. The average Bonchev–Trinajstić information content (AvgIpc) is 2.84. The van der Waals surface area contributed by atoms with Gasteiger partial charge >= 0.3 is 0 Å². The number of nitrogen functional groups attached to an aromatic ring is 1. The molecular weight excluding hydrogens is 290 g/mol. The second-order valence-corrected chi connectivity index (χ2v) is 6.06. The van der Waals surface area contributed by atoms with Crippen molar-refractivity contribution in [2.45, 2.75) is 60.4 Å². The second kappa shape index (κ2) is 7.44. The van der Waals surface area contributed by atoms with Gasteiger partial charge in [0, 0.05) is 25.1 Å². The Bertz CT molecular complexity index is 714. The van der Waals surface area contributed by atoms with Crippen LogP contribution in [-0.4, -0.2) is 26.9 Å². The highest BCUT2D eigenvalue weighted by Crippen LogP contribution is 2.26. The summed E-state index contributed by atoms with van der Waals surface area (Å²) in [5.74, 6) is 1.58. The third-order valence-electron chi connectivity index (χ3n) is 3.81. The lowest BCUT2D eigenvalue weighted by Crippen LogP contribution is -2.07. The molecule has 0 aliphatic rings. The van der Waals surface area contributed by atoms with Crippen molar-refractivity contribution in [1.29, 1.82) is 0 Å². The molecule has 23 heavy (non-hydrogen) atoms. The molecule has 0 saturated carbocycles. The van der Waals surface area contributed by atoms with Gasteiger partial charge < -0.3 is 15.1 Å².